The number of halogens is 2. The zero-order chi connectivity index (χ0) is 12.2. The number of fused-ring (bicyclic) bond motifs is 1. The van der Waals surface area contributed by atoms with Crippen LogP contribution < -0.4 is 5.56 Å². The summed E-state index contributed by atoms with van der Waals surface area (Å²) in [6.45, 7) is 0. The molecule has 0 spiro atoms. The van der Waals surface area contributed by atoms with Crippen molar-refractivity contribution in [1.29, 1.82) is 0 Å². The van der Waals surface area contributed by atoms with E-state index in [1.54, 1.807) is 16.7 Å². The molecule has 1 aromatic heterocycles. The summed E-state index contributed by atoms with van der Waals surface area (Å²) in [5, 5.41) is 1.07. The van der Waals surface area contributed by atoms with Gasteiger partial charge in [0.15, 0.2) is 4.77 Å². The Labute approximate surface area is 116 Å². The fraction of sp³-hybridized carbons (Fsp3) is 0.273. The van der Waals surface area contributed by atoms with Gasteiger partial charge in [0.25, 0.3) is 5.56 Å². The van der Waals surface area contributed by atoms with Crippen LogP contribution >= 0.6 is 39.7 Å². The summed E-state index contributed by atoms with van der Waals surface area (Å²) >= 11 is 14.7. The summed E-state index contributed by atoms with van der Waals surface area (Å²) < 4.78 is 2.90. The maximum atomic E-state index is 12.3. The third kappa shape index (κ3) is 1.86. The molecule has 1 heterocycles. The van der Waals surface area contributed by atoms with Crippen molar-refractivity contribution in [2.45, 2.75) is 18.9 Å². The van der Waals surface area contributed by atoms with E-state index in [1.165, 1.54) is 0 Å². The first-order chi connectivity index (χ1) is 8.08. The third-order valence-corrected chi connectivity index (χ3v) is 3.92. The standard InChI is InChI=1S/C11H8BrClN2OS/c12-5-3-7-9(8(13)4-5)14-11(17)15(10(7)16)6-1-2-6/h3-4,6H,1-2H2,(H,14,17). The van der Waals surface area contributed by atoms with Crippen molar-refractivity contribution >= 4 is 50.7 Å². The molecule has 0 saturated heterocycles. The average molecular weight is 332 g/mol. The Kier molecular flexibility index (Phi) is 2.65. The summed E-state index contributed by atoms with van der Waals surface area (Å²) in [6, 6.07) is 3.78. The first-order valence-corrected chi connectivity index (χ1v) is 6.79. The van der Waals surface area contributed by atoms with Crippen molar-refractivity contribution in [2.24, 2.45) is 0 Å². The number of nitrogens with zero attached hydrogens (tertiary/aromatic N) is 1. The molecule has 1 aromatic carbocycles. The van der Waals surface area contributed by atoms with Gasteiger partial charge in [-0.25, -0.2) is 0 Å². The molecule has 0 bridgehead atoms. The van der Waals surface area contributed by atoms with Gasteiger partial charge >= 0.3 is 0 Å². The Morgan fingerprint density at radius 1 is 1.47 bits per heavy atom. The molecular formula is C11H8BrClN2OS. The van der Waals surface area contributed by atoms with Crippen molar-refractivity contribution in [1.82, 2.24) is 9.55 Å². The summed E-state index contributed by atoms with van der Waals surface area (Å²) in [7, 11) is 0. The van der Waals surface area contributed by atoms with E-state index in [0.29, 0.717) is 20.7 Å². The van der Waals surface area contributed by atoms with E-state index < -0.39 is 0 Å². The van der Waals surface area contributed by atoms with Crippen LogP contribution in [0.25, 0.3) is 10.9 Å². The number of hydrogen-bond donors (Lipinski definition) is 1. The topological polar surface area (TPSA) is 37.8 Å². The molecular weight excluding hydrogens is 324 g/mol. The highest BCUT2D eigenvalue weighted by atomic mass is 79.9. The van der Waals surface area contributed by atoms with E-state index in [9.17, 15) is 4.79 Å². The van der Waals surface area contributed by atoms with Crippen molar-refractivity contribution in [2.75, 3.05) is 0 Å². The second-order valence-electron chi connectivity index (χ2n) is 4.15. The molecule has 6 heteroatoms. The minimum absolute atomic E-state index is 0.0607. The van der Waals surface area contributed by atoms with Crippen molar-refractivity contribution in [3.63, 3.8) is 0 Å². The SMILES string of the molecule is O=c1c2cc(Br)cc(Cl)c2[nH]c(=S)n1C1CC1. The molecule has 0 unspecified atom stereocenters. The average Bonchev–Trinajstić information content (AvgIpc) is 3.04. The van der Waals surface area contributed by atoms with E-state index in [1.807, 2.05) is 0 Å². The summed E-state index contributed by atoms with van der Waals surface area (Å²) in [4.78, 5) is 15.4. The Hall–Kier alpha value is -0.650. The van der Waals surface area contributed by atoms with Gasteiger partial charge < -0.3 is 4.98 Å². The van der Waals surface area contributed by atoms with E-state index >= 15 is 0 Å². The van der Waals surface area contributed by atoms with Gasteiger partial charge in [0.2, 0.25) is 0 Å². The van der Waals surface area contributed by atoms with Gasteiger partial charge in [0.1, 0.15) is 0 Å². The molecule has 0 radical (unpaired) electrons. The van der Waals surface area contributed by atoms with Crippen LogP contribution in [0.1, 0.15) is 18.9 Å². The molecule has 88 valence electrons. The molecule has 1 aliphatic rings. The van der Waals surface area contributed by atoms with Gasteiger partial charge in [-0.05, 0) is 37.2 Å². The van der Waals surface area contributed by atoms with E-state index in [4.69, 9.17) is 23.8 Å². The van der Waals surface area contributed by atoms with Crippen LogP contribution in [0.15, 0.2) is 21.4 Å². The predicted molar refractivity (Wildman–Crippen MR) is 74.4 cm³/mol. The lowest BCUT2D eigenvalue weighted by molar-refractivity contribution is 0.686. The highest BCUT2D eigenvalue weighted by Crippen LogP contribution is 2.34. The van der Waals surface area contributed by atoms with Crippen LogP contribution in [-0.4, -0.2) is 9.55 Å². The number of nitrogens with one attached hydrogen (secondary N) is 1. The Balaban J connectivity index is 2.49. The summed E-state index contributed by atoms with van der Waals surface area (Å²) in [5.41, 5.74) is 0.552. The number of aromatic amines is 1. The monoisotopic (exact) mass is 330 g/mol. The molecule has 3 nitrogen and oxygen atoms in total. The molecule has 1 fully saturated rings. The Morgan fingerprint density at radius 3 is 2.82 bits per heavy atom. The van der Waals surface area contributed by atoms with Crippen LogP contribution in [0.5, 0.6) is 0 Å². The highest BCUT2D eigenvalue weighted by Gasteiger charge is 2.26. The maximum Gasteiger partial charge on any atom is 0.262 e. The first-order valence-electron chi connectivity index (χ1n) is 5.21. The molecule has 1 N–H and O–H groups in total. The van der Waals surface area contributed by atoms with Crippen LogP contribution in [0.4, 0.5) is 0 Å². The van der Waals surface area contributed by atoms with Gasteiger partial charge in [-0.1, -0.05) is 27.5 Å². The lowest BCUT2D eigenvalue weighted by Gasteiger charge is -2.07. The van der Waals surface area contributed by atoms with Crippen molar-refractivity contribution in [3.05, 3.63) is 36.8 Å². The molecule has 1 aliphatic carbocycles. The van der Waals surface area contributed by atoms with Crippen LogP contribution in [-0.2, 0) is 0 Å². The quantitative estimate of drug-likeness (QED) is 0.807. The zero-order valence-electron chi connectivity index (χ0n) is 8.67. The predicted octanol–water partition coefficient (Wildman–Crippen LogP) is 3.81. The van der Waals surface area contributed by atoms with Gasteiger partial charge in [0.05, 0.1) is 15.9 Å². The van der Waals surface area contributed by atoms with E-state index in [0.717, 1.165) is 17.3 Å². The molecule has 0 atom stereocenters. The number of hydrogen-bond acceptors (Lipinski definition) is 2. The molecule has 2 aromatic rings. The van der Waals surface area contributed by atoms with E-state index in [2.05, 4.69) is 20.9 Å². The molecule has 1 saturated carbocycles. The summed E-state index contributed by atoms with van der Waals surface area (Å²) in [6.07, 6.45) is 2.04. The Morgan fingerprint density at radius 2 is 2.18 bits per heavy atom. The lowest BCUT2D eigenvalue weighted by atomic mass is 10.2. The summed E-state index contributed by atoms with van der Waals surface area (Å²) in [5.74, 6) is 0. The number of H-pyrrole nitrogens is 1. The van der Waals surface area contributed by atoms with Crippen LogP contribution in [0, 0.1) is 4.77 Å². The van der Waals surface area contributed by atoms with Gasteiger partial charge in [-0.2, -0.15) is 0 Å². The van der Waals surface area contributed by atoms with Crippen molar-refractivity contribution < 1.29 is 0 Å². The second-order valence-corrected chi connectivity index (χ2v) is 5.86. The minimum atomic E-state index is -0.0607. The zero-order valence-corrected chi connectivity index (χ0v) is 11.8. The fourth-order valence-corrected chi connectivity index (χ4v) is 3.11. The normalized spacial score (nSPS) is 15.4. The van der Waals surface area contributed by atoms with Gasteiger partial charge in [0, 0.05) is 10.5 Å². The number of benzene rings is 1. The first kappa shape index (κ1) is 11.4. The maximum absolute atomic E-state index is 12.3. The highest BCUT2D eigenvalue weighted by molar-refractivity contribution is 9.10. The van der Waals surface area contributed by atoms with Gasteiger partial charge in [-0.15, -0.1) is 0 Å². The van der Waals surface area contributed by atoms with Crippen LogP contribution in [0.3, 0.4) is 0 Å². The van der Waals surface area contributed by atoms with Crippen LogP contribution in [0.2, 0.25) is 5.02 Å². The smallest absolute Gasteiger partial charge is 0.262 e. The van der Waals surface area contributed by atoms with Crippen molar-refractivity contribution in [3.8, 4) is 0 Å². The third-order valence-electron chi connectivity index (χ3n) is 2.87. The molecule has 0 aliphatic heterocycles. The fourth-order valence-electron chi connectivity index (χ4n) is 1.92. The number of aromatic nitrogens is 2. The molecule has 0 amide bonds. The molecule has 3 rings (SSSR count). The second kappa shape index (κ2) is 3.93. The van der Waals surface area contributed by atoms with E-state index in [-0.39, 0.29) is 11.6 Å². The minimum Gasteiger partial charge on any atom is -0.330 e. The Bertz CT molecular complexity index is 733. The van der Waals surface area contributed by atoms with Gasteiger partial charge in [-0.3, -0.25) is 9.36 Å². The molecule has 17 heavy (non-hydrogen) atoms. The number of rotatable bonds is 1. The lowest BCUT2D eigenvalue weighted by Crippen LogP contribution is -2.21. The largest absolute Gasteiger partial charge is 0.330 e.